The van der Waals surface area contributed by atoms with Gasteiger partial charge in [-0.1, -0.05) is 127 Å². The lowest BCUT2D eigenvalue weighted by atomic mass is 10.0. The molecule has 14 rings (SSSR count). The van der Waals surface area contributed by atoms with Gasteiger partial charge in [0.2, 0.25) is 0 Å². The normalized spacial score (nSPS) is 12.3. The Kier molecular flexibility index (Phi) is 6.49. The first-order valence-corrected chi connectivity index (χ1v) is 20.7. The standard InChI is InChI=1S/C56H32N4O/c1-2-12-33(13-3-1)34-22-24-35(25-23-34)52-55-53(42-18-8-11-21-49(42)61-55)58-56(57-52)36-26-28-39(29-27-36)59-46-20-10-7-17-41(46)50-48(59)32-43-40-16-6-9-19-45(40)60-47-31-38-15-5-4-14-37(38)30-44(47)51(50)54(43)60/h1-32H. The lowest BCUT2D eigenvalue weighted by Crippen LogP contribution is -1.96. The second-order valence-electron chi connectivity index (χ2n) is 16.1. The third kappa shape index (κ3) is 4.55. The molecule has 0 unspecified atom stereocenters. The second kappa shape index (κ2) is 12.1. The molecule has 0 aliphatic rings. The highest BCUT2D eigenvalue weighted by atomic mass is 16.3. The average molecular weight is 777 g/mol. The van der Waals surface area contributed by atoms with Crippen LogP contribution in [0.5, 0.6) is 0 Å². The Morgan fingerprint density at radius 2 is 1.03 bits per heavy atom. The van der Waals surface area contributed by atoms with E-state index in [1.807, 2.05) is 24.3 Å². The van der Waals surface area contributed by atoms with Crippen molar-refractivity contribution in [2.45, 2.75) is 0 Å². The third-order valence-electron chi connectivity index (χ3n) is 12.8. The minimum Gasteiger partial charge on any atom is -0.452 e. The smallest absolute Gasteiger partial charge is 0.180 e. The van der Waals surface area contributed by atoms with E-state index < -0.39 is 0 Å². The molecule has 0 amide bonds. The Balaban J connectivity index is 0.983. The van der Waals surface area contributed by atoms with Crippen molar-refractivity contribution < 1.29 is 4.42 Å². The molecule has 0 radical (unpaired) electrons. The molecule has 0 fully saturated rings. The Bertz CT molecular complexity index is 4080. The lowest BCUT2D eigenvalue weighted by molar-refractivity contribution is 0.667. The second-order valence-corrected chi connectivity index (χ2v) is 16.1. The molecule has 0 N–H and O–H groups in total. The highest BCUT2D eigenvalue weighted by Gasteiger charge is 2.25. The molecule has 0 saturated carbocycles. The maximum absolute atomic E-state index is 6.48. The summed E-state index contributed by atoms with van der Waals surface area (Å²) >= 11 is 0. The topological polar surface area (TPSA) is 48.3 Å². The molecule has 0 bridgehead atoms. The van der Waals surface area contributed by atoms with E-state index in [2.05, 4.69) is 179 Å². The first kappa shape index (κ1) is 32.7. The molecule has 61 heavy (non-hydrogen) atoms. The van der Waals surface area contributed by atoms with E-state index in [0.717, 1.165) is 44.6 Å². The molecule has 5 heteroatoms. The summed E-state index contributed by atoms with van der Waals surface area (Å²) in [7, 11) is 0. The number of rotatable bonds is 4. The van der Waals surface area contributed by atoms with Crippen molar-refractivity contribution in [3.05, 3.63) is 194 Å². The monoisotopic (exact) mass is 776 g/mol. The summed E-state index contributed by atoms with van der Waals surface area (Å²) in [5.74, 6) is 0.654. The van der Waals surface area contributed by atoms with Crippen LogP contribution < -0.4 is 0 Å². The summed E-state index contributed by atoms with van der Waals surface area (Å²) in [5.41, 5.74) is 14.5. The number of furan rings is 1. The van der Waals surface area contributed by atoms with E-state index in [-0.39, 0.29) is 0 Å². The maximum Gasteiger partial charge on any atom is 0.180 e. The van der Waals surface area contributed by atoms with Crippen LogP contribution in [-0.2, 0) is 0 Å². The minimum absolute atomic E-state index is 0.654. The van der Waals surface area contributed by atoms with Crippen molar-refractivity contribution >= 4 is 92.7 Å². The fourth-order valence-corrected chi connectivity index (χ4v) is 10.1. The van der Waals surface area contributed by atoms with E-state index in [1.165, 1.54) is 76.2 Å². The van der Waals surface area contributed by atoms with E-state index in [4.69, 9.17) is 14.4 Å². The molecule has 5 nitrogen and oxygen atoms in total. The zero-order valence-corrected chi connectivity index (χ0v) is 32.7. The summed E-state index contributed by atoms with van der Waals surface area (Å²) < 4.78 is 11.4. The van der Waals surface area contributed by atoms with Gasteiger partial charge in [-0.15, -0.1) is 0 Å². The Hall–Kier alpha value is -8.28. The summed E-state index contributed by atoms with van der Waals surface area (Å²) in [5, 5.41) is 11.1. The van der Waals surface area contributed by atoms with Crippen molar-refractivity contribution in [2.75, 3.05) is 0 Å². The highest BCUT2D eigenvalue weighted by molar-refractivity contribution is 6.36. The molecule has 9 aromatic carbocycles. The van der Waals surface area contributed by atoms with Gasteiger partial charge in [-0.3, -0.25) is 0 Å². The van der Waals surface area contributed by atoms with Gasteiger partial charge in [0.25, 0.3) is 0 Å². The summed E-state index contributed by atoms with van der Waals surface area (Å²) in [4.78, 5) is 10.4. The predicted octanol–water partition coefficient (Wildman–Crippen LogP) is 14.8. The number of para-hydroxylation sites is 3. The summed E-state index contributed by atoms with van der Waals surface area (Å²) in [6.45, 7) is 0. The fourth-order valence-electron chi connectivity index (χ4n) is 10.1. The molecule has 5 aromatic heterocycles. The molecular formula is C56H32N4O. The van der Waals surface area contributed by atoms with Gasteiger partial charge >= 0.3 is 0 Å². The average Bonchev–Trinajstić information content (AvgIpc) is 4.06. The molecule has 5 heterocycles. The van der Waals surface area contributed by atoms with Crippen LogP contribution >= 0.6 is 0 Å². The van der Waals surface area contributed by atoms with Gasteiger partial charge in [0, 0.05) is 54.5 Å². The number of aromatic nitrogens is 4. The predicted molar refractivity (Wildman–Crippen MR) is 252 cm³/mol. The fraction of sp³-hybridized carbons (Fsp3) is 0. The van der Waals surface area contributed by atoms with E-state index in [9.17, 15) is 0 Å². The van der Waals surface area contributed by atoms with E-state index in [1.54, 1.807) is 0 Å². The molecule has 0 aliphatic heterocycles. The van der Waals surface area contributed by atoms with Gasteiger partial charge in [-0.05, 0) is 88.6 Å². The molecule has 0 atom stereocenters. The largest absolute Gasteiger partial charge is 0.452 e. The minimum atomic E-state index is 0.654. The van der Waals surface area contributed by atoms with Gasteiger partial charge in [0.1, 0.15) is 16.8 Å². The zero-order chi connectivity index (χ0) is 39.8. The SMILES string of the molecule is c1ccc(-c2ccc(-c3nc(-c4ccc(-n5c6ccccc6c6c7c8cc9ccccc9cc8n8c9ccccc9c(cc65)c78)cc4)nc4c3oc3ccccc34)cc2)cc1. The van der Waals surface area contributed by atoms with E-state index >= 15 is 0 Å². The first-order valence-electron chi connectivity index (χ1n) is 20.7. The van der Waals surface area contributed by atoms with Gasteiger partial charge < -0.3 is 13.4 Å². The molecule has 0 spiro atoms. The van der Waals surface area contributed by atoms with Gasteiger partial charge in [-0.2, -0.15) is 0 Å². The Morgan fingerprint density at radius 1 is 0.393 bits per heavy atom. The third-order valence-corrected chi connectivity index (χ3v) is 12.8. The van der Waals surface area contributed by atoms with Crippen LogP contribution in [0, 0.1) is 0 Å². The number of nitrogens with zero attached hydrogens (tertiary/aromatic N) is 4. The van der Waals surface area contributed by atoms with Gasteiger partial charge in [0.15, 0.2) is 11.4 Å². The van der Waals surface area contributed by atoms with Crippen molar-refractivity contribution in [3.63, 3.8) is 0 Å². The van der Waals surface area contributed by atoms with Crippen molar-refractivity contribution in [1.29, 1.82) is 0 Å². The van der Waals surface area contributed by atoms with Crippen LogP contribution in [-0.4, -0.2) is 18.9 Å². The number of fused-ring (bicyclic) bond motifs is 14. The molecule has 0 saturated heterocycles. The summed E-state index contributed by atoms with van der Waals surface area (Å²) in [6.07, 6.45) is 0. The summed E-state index contributed by atoms with van der Waals surface area (Å²) in [6, 6.07) is 69.4. The molecule has 14 aromatic rings. The molecule has 282 valence electrons. The van der Waals surface area contributed by atoms with Crippen molar-refractivity contribution in [3.8, 4) is 39.5 Å². The van der Waals surface area contributed by atoms with Crippen LogP contribution in [0.2, 0.25) is 0 Å². The zero-order valence-electron chi connectivity index (χ0n) is 32.7. The highest BCUT2D eigenvalue weighted by Crippen LogP contribution is 2.47. The van der Waals surface area contributed by atoms with Crippen LogP contribution in [0.15, 0.2) is 199 Å². The number of benzene rings is 9. The molecule has 0 aliphatic carbocycles. The van der Waals surface area contributed by atoms with E-state index in [0.29, 0.717) is 11.4 Å². The van der Waals surface area contributed by atoms with Crippen molar-refractivity contribution in [1.82, 2.24) is 18.9 Å². The van der Waals surface area contributed by atoms with Gasteiger partial charge in [0.05, 0.1) is 27.6 Å². The first-order chi connectivity index (χ1) is 30.2. The van der Waals surface area contributed by atoms with Gasteiger partial charge in [-0.25, -0.2) is 9.97 Å². The van der Waals surface area contributed by atoms with Crippen molar-refractivity contribution in [2.24, 2.45) is 0 Å². The van der Waals surface area contributed by atoms with Crippen LogP contribution in [0.25, 0.3) is 132 Å². The lowest BCUT2D eigenvalue weighted by Gasteiger charge is -2.11. The number of hydrogen-bond acceptors (Lipinski definition) is 3. The van der Waals surface area contributed by atoms with Crippen LogP contribution in [0.3, 0.4) is 0 Å². The van der Waals surface area contributed by atoms with Crippen LogP contribution in [0.4, 0.5) is 0 Å². The maximum atomic E-state index is 6.48. The quantitative estimate of drug-likeness (QED) is 0.179. The Labute approximate surface area is 348 Å². The Morgan fingerprint density at radius 3 is 1.85 bits per heavy atom. The van der Waals surface area contributed by atoms with Crippen LogP contribution in [0.1, 0.15) is 0 Å². The molecular weight excluding hydrogens is 745 g/mol. The number of hydrogen-bond donors (Lipinski definition) is 0.